The summed E-state index contributed by atoms with van der Waals surface area (Å²) in [6, 6.07) is 0.0596. The van der Waals surface area contributed by atoms with E-state index in [1.54, 1.807) is 0 Å². The average Bonchev–Trinajstić information content (AvgIpc) is 3.06. The molecule has 0 saturated carbocycles. The van der Waals surface area contributed by atoms with Crippen molar-refractivity contribution in [3.63, 3.8) is 0 Å². The molecule has 18 heavy (non-hydrogen) atoms. The van der Waals surface area contributed by atoms with Crippen LogP contribution in [0.5, 0.6) is 0 Å². The minimum absolute atomic E-state index is 0.0596. The third-order valence-electron chi connectivity index (χ3n) is 4.17. The normalized spacial score (nSPS) is 21.7. The van der Waals surface area contributed by atoms with Crippen LogP contribution >= 0.6 is 0 Å². The fourth-order valence-electron chi connectivity index (χ4n) is 2.66. The van der Waals surface area contributed by atoms with Crippen molar-refractivity contribution in [2.45, 2.75) is 45.7 Å². The molecule has 1 aliphatic rings. The van der Waals surface area contributed by atoms with Gasteiger partial charge in [-0.2, -0.15) is 0 Å². The van der Waals surface area contributed by atoms with Gasteiger partial charge in [0.15, 0.2) is 0 Å². The van der Waals surface area contributed by atoms with Crippen molar-refractivity contribution in [3.05, 3.63) is 18.2 Å². The standard InChI is InChI=1S/C14H25N3O/c1-3-11(4-2)8-17-10-16-7-13(17)14(15)12-5-6-18-9-12/h7,10-12,14H,3-6,8-9,15H2,1-2H3. The Morgan fingerprint density at radius 1 is 1.50 bits per heavy atom. The highest BCUT2D eigenvalue weighted by Crippen LogP contribution is 2.27. The minimum atomic E-state index is 0.0596. The Bertz CT molecular complexity index is 354. The van der Waals surface area contributed by atoms with Crippen LogP contribution in [0.15, 0.2) is 12.5 Å². The zero-order valence-electron chi connectivity index (χ0n) is 11.5. The molecule has 102 valence electrons. The predicted octanol–water partition coefficient (Wildman–Crippen LogP) is 2.36. The molecule has 1 saturated heterocycles. The van der Waals surface area contributed by atoms with Crippen LogP contribution in [0.25, 0.3) is 0 Å². The maximum absolute atomic E-state index is 6.36. The van der Waals surface area contributed by atoms with E-state index in [4.69, 9.17) is 10.5 Å². The molecular weight excluding hydrogens is 226 g/mol. The van der Waals surface area contributed by atoms with Crippen molar-refractivity contribution in [1.29, 1.82) is 0 Å². The molecular formula is C14H25N3O. The molecule has 2 N–H and O–H groups in total. The summed E-state index contributed by atoms with van der Waals surface area (Å²) in [6.07, 6.45) is 7.32. The van der Waals surface area contributed by atoms with Crippen molar-refractivity contribution in [2.24, 2.45) is 17.6 Å². The lowest BCUT2D eigenvalue weighted by Crippen LogP contribution is -2.25. The molecule has 1 aromatic rings. The minimum Gasteiger partial charge on any atom is -0.381 e. The number of imidazole rings is 1. The molecule has 0 bridgehead atoms. The van der Waals surface area contributed by atoms with Gasteiger partial charge in [-0.3, -0.25) is 0 Å². The molecule has 0 amide bonds. The number of nitrogens with two attached hydrogens (primary N) is 1. The maximum Gasteiger partial charge on any atom is 0.0948 e. The van der Waals surface area contributed by atoms with Gasteiger partial charge in [0, 0.05) is 25.3 Å². The molecule has 2 heterocycles. The molecule has 1 aliphatic heterocycles. The van der Waals surface area contributed by atoms with E-state index >= 15 is 0 Å². The highest BCUT2D eigenvalue weighted by Gasteiger charge is 2.26. The summed E-state index contributed by atoms with van der Waals surface area (Å²) in [4.78, 5) is 4.28. The first kappa shape index (κ1) is 13.6. The largest absolute Gasteiger partial charge is 0.381 e. The van der Waals surface area contributed by atoms with Gasteiger partial charge in [0.25, 0.3) is 0 Å². The molecule has 0 aliphatic carbocycles. The molecule has 0 spiro atoms. The lowest BCUT2D eigenvalue weighted by Gasteiger charge is -2.21. The topological polar surface area (TPSA) is 53.1 Å². The van der Waals surface area contributed by atoms with Gasteiger partial charge in [0.2, 0.25) is 0 Å². The van der Waals surface area contributed by atoms with Crippen LogP contribution in [-0.4, -0.2) is 22.8 Å². The van der Waals surface area contributed by atoms with Crippen LogP contribution in [0.3, 0.4) is 0 Å². The van der Waals surface area contributed by atoms with E-state index in [9.17, 15) is 0 Å². The lowest BCUT2D eigenvalue weighted by molar-refractivity contribution is 0.180. The van der Waals surface area contributed by atoms with Crippen LogP contribution < -0.4 is 5.73 Å². The first-order valence-corrected chi connectivity index (χ1v) is 7.09. The van der Waals surface area contributed by atoms with Gasteiger partial charge in [-0.1, -0.05) is 26.7 Å². The Kier molecular flexibility index (Phi) is 4.78. The number of nitrogens with zero attached hydrogens (tertiary/aromatic N) is 2. The Hall–Kier alpha value is -0.870. The van der Waals surface area contributed by atoms with Crippen LogP contribution in [0.1, 0.15) is 44.8 Å². The van der Waals surface area contributed by atoms with Gasteiger partial charge >= 0.3 is 0 Å². The summed E-state index contributed by atoms with van der Waals surface area (Å²) < 4.78 is 7.67. The van der Waals surface area contributed by atoms with Crippen LogP contribution in [-0.2, 0) is 11.3 Å². The second-order valence-corrected chi connectivity index (χ2v) is 5.30. The zero-order valence-corrected chi connectivity index (χ0v) is 11.5. The van der Waals surface area contributed by atoms with Gasteiger partial charge in [-0.15, -0.1) is 0 Å². The van der Waals surface area contributed by atoms with Crippen molar-refractivity contribution >= 4 is 0 Å². The van der Waals surface area contributed by atoms with E-state index in [0.717, 1.165) is 31.9 Å². The quantitative estimate of drug-likeness (QED) is 0.844. The highest BCUT2D eigenvalue weighted by molar-refractivity contribution is 5.07. The second-order valence-electron chi connectivity index (χ2n) is 5.30. The summed E-state index contributed by atoms with van der Waals surface area (Å²) in [5.41, 5.74) is 7.53. The summed E-state index contributed by atoms with van der Waals surface area (Å²) >= 11 is 0. The first-order valence-electron chi connectivity index (χ1n) is 7.09. The third kappa shape index (κ3) is 2.93. The summed E-state index contributed by atoms with van der Waals surface area (Å²) in [7, 11) is 0. The molecule has 2 rings (SSSR count). The summed E-state index contributed by atoms with van der Waals surface area (Å²) in [5.74, 6) is 1.16. The van der Waals surface area contributed by atoms with E-state index in [0.29, 0.717) is 11.8 Å². The van der Waals surface area contributed by atoms with Gasteiger partial charge in [-0.05, 0) is 12.3 Å². The third-order valence-corrected chi connectivity index (χ3v) is 4.17. The number of hydrogen-bond acceptors (Lipinski definition) is 3. The van der Waals surface area contributed by atoms with E-state index in [1.165, 1.54) is 12.8 Å². The molecule has 4 heteroatoms. The van der Waals surface area contributed by atoms with Gasteiger partial charge in [0.05, 0.1) is 24.7 Å². The SMILES string of the molecule is CCC(CC)Cn1cncc1C(N)C1CCOC1. The maximum atomic E-state index is 6.36. The van der Waals surface area contributed by atoms with Gasteiger partial charge in [0.1, 0.15) is 0 Å². The Balaban J connectivity index is 2.06. The Morgan fingerprint density at radius 3 is 2.89 bits per heavy atom. The van der Waals surface area contributed by atoms with E-state index in [1.807, 2.05) is 12.5 Å². The van der Waals surface area contributed by atoms with Gasteiger partial charge < -0.3 is 15.0 Å². The van der Waals surface area contributed by atoms with Crippen LogP contribution in [0, 0.1) is 11.8 Å². The van der Waals surface area contributed by atoms with Gasteiger partial charge in [-0.25, -0.2) is 4.98 Å². The van der Waals surface area contributed by atoms with Crippen molar-refractivity contribution < 1.29 is 4.74 Å². The molecule has 2 unspecified atom stereocenters. The number of aromatic nitrogens is 2. The predicted molar refractivity (Wildman–Crippen MR) is 72.2 cm³/mol. The van der Waals surface area contributed by atoms with Crippen LogP contribution in [0.4, 0.5) is 0 Å². The van der Waals surface area contributed by atoms with Crippen molar-refractivity contribution in [3.8, 4) is 0 Å². The Labute approximate surface area is 110 Å². The fraction of sp³-hybridized carbons (Fsp3) is 0.786. The molecule has 1 fully saturated rings. The molecule has 2 atom stereocenters. The number of rotatable bonds is 6. The lowest BCUT2D eigenvalue weighted by atomic mass is 9.97. The molecule has 4 nitrogen and oxygen atoms in total. The molecule has 0 radical (unpaired) electrons. The molecule has 0 aromatic carbocycles. The van der Waals surface area contributed by atoms with E-state index < -0.39 is 0 Å². The van der Waals surface area contributed by atoms with E-state index in [-0.39, 0.29) is 6.04 Å². The zero-order chi connectivity index (χ0) is 13.0. The first-order chi connectivity index (χ1) is 8.76. The summed E-state index contributed by atoms with van der Waals surface area (Å²) in [5, 5.41) is 0. The smallest absolute Gasteiger partial charge is 0.0948 e. The van der Waals surface area contributed by atoms with Crippen LogP contribution in [0.2, 0.25) is 0 Å². The number of hydrogen-bond donors (Lipinski definition) is 1. The Morgan fingerprint density at radius 2 is 2.28 bits per heavy atom. The molecule has 1 aromatic heterocycles. The fourth-order valence-corrected chi connectivity index (χ4v) is 2.66. The monoisotopic (exact) mass is 251 g/mol. The summed E-state index contributed by atoms with van der Waals surface area (Å²) in [6.45, 7) is 7.16. The average molecular weight is 251 g/mol. The second kappa shape index (κ2) is 6.34. The highest BCUT2D eigenvalue weighted by atomic mass is 16.5. The van der Waals surface area contributed by atoms with E-state index in [2.05, 4.69) is 23.4 Å². The number of ether oxygens (including phenoxy) is 1. The van der Waals surface area contributed by atoms with Crippen molar-refractivity contribution in [1.82, 2.24) is 9.55 Å². The van der Waals surface area contributed by atoms with Crippen molar-refractivity contribution in [2.75, 3.05) is 13.2 Å².